The summed E-state index contributed by atoms with van der Waals surface area (Å²) in [5, 5.41) is 4.55. The Labute approximate surface area is 146 Å². The van der Waals surface area contributed by atoms with Crippen LogP contribution in [0.4, 0.5) is 0 Å². The van der Waals surface area contributed by atoms with Crippen molar-refractivity contribution in [2.45, 2.75) is 19.9 Å². The molecule has 1 unspecified atom stereocenters. The van der Waals surface area contributed by atoms with E-state index in [1.165, 1.54) is 11.3 Å². The quantitative estimate of drug-likeness (QED) is 0.839. The maximum absolute atomic E-state index is 12.3. The molecule has 0 aliphatic rings. The largest absolute Gasteiger partial charge is 0.492 e. The van der Waals surface area contributed by atoms with Gasteiger partial charge in [-0.2, -0.15) is 0 Å². The first-order valence-corrected chi connectivity index (χ1v) is 8.64. The Balaban J connectivity index is 1.77. The van der Waals surface area contributed by atoms with Gasteiger partial charge < -0.3 is 15.0 Å². The minimum absolute atomic E-state index is 0.146. The molecular formula is C18H22N2O3S. The molecule has 0 aliphatic carbocycles. The Kier molecular flexibility index (Phi) is 6.37. The van der Waals surface area contributed by atoms with Crippen molar-refractivity contribution < 1.29 is 14.3 Å². The smallest absolute Gasteiger partial charge is 0.261 e. The van der Waals surface area contributed by atoms with Crippen LogP contribution < -0.4 is 10.1 Å². The van der Waals surface area contributed by atoms with Crippen molar-refractivity contribution >= 4 is 23.2 Å². The number of nitrogens with one attached hydrogen (secondary N) is 1. The number of likely N-dealkylation sites (N-methyl/N-ethyl adjacent to an activating group) is 1. The van der Waals surface area contributed by atoms with Crippen molar-refractivity contribution in [3.05, 3.63) is 52.2 Å². The van der Waals surface area contributed by atoms with Gasteiger partial charge in [0.25, 0.3) is 5.91 Å². The van der Waals surface area contributed by atoms with E-state index in [0.717, 1.165) is 11.3 Å². The summed E-state index contributed by atoms with van der Waals surface area (Å²) in [7, 11) is 1.70. The molecule has 1 N–H and O–H groups in total. The summed E-state index contributed by atoms with van der Waals surface area (Å²) in [5.74, 6) is 0.415. The number of hydrogen-bond donors (Lipinski definition) is 1. The molecule has 1 heterocycles. The highest BCUT2D eigenvalue weighted by atomic mass is 32.1. The fourth-order valence-corrected chi connectivity index (χ4v) is 2.81. The second kappa shape index (κ2) is 8.49. The van der Waals surface area contributed by atoms with Crippen molar-refractivity contribution in [1.82, 2.24) is 10.2 Å². The van der Waals surface area contributed by atoms with Crippen molar-refractivity contribution in [2.24, 2.45) is 0 Å². The number of ether oxygens (including phenoxy) is 1. The number of benzene rings is 1. The van der Waals surface area contributed by atoms with Crippen molar-refractivity contribution in [2.75, 3.05) is 20.2 Å². The van der Waals surface area contributed by atoms with E-state index < -0.39 is 6.04 Å². The predicted molar refractivity (Wildman–Crippen MR) is 95.6 cm³/mol. The molecule has 128 valence electrons. The topological polar surface area (TPSA) is 58.6 Å². The van der Waals surface area contributed by atoms with Crippen LogP contribution in [0.15, 0.2) is 41.8 Å². The first-order chi connectivity index (χ1) is 11.5. The van der Waals surface area contributed by atoms with Gasteiger partial charge >= 0.3 is 0 Å². The zero-order chi connectivity index (χ0) is 17.5. The lowest BCUT2D eigenvalue weighted by Crippen LogP contribution is -2.46. The molecule has 6 heteroatoms. The molecule has 2 aromatic rings. The van der Waals surface area contributed by atoms with Crippen LogP contribution in [-0.2, 0) is 4.79 Å². The van der Waals surface area contributed by atoms with Gasteiger partial charge in [-0.3, -0.25) is 9.59 Å². The van der Waals surface area contributed by atoms with Crippen LogP contribution in [0.5, 0.6) is 5.75 Å². The van der Waals surface area contributed by atoms with E-state index in [2.05, 4.69) is 5.32 Å². The number of carbonyl (C=O) groups excluding carboxylic acids is 2. The van der Waals surface area contributed by atoms with E-state index in [-0.39, 0.29) is 11.8 Å². The number of carbonyl (C=O) groups is 2. The van der Waals surface area contributed by atoms with Gasteiger partial charge in [0, 0.05) is 7.05 Å². The molecule has 1 aromatic carbocycles. The third kappa shape index (κ3) is 5.09. The van der Waals surface area contributed by atoms with Gasteiger partial charge in [0.2, 0.25) is 5.91 Å². The Hall–Kier alpha value is -2.34. The number of rotatable bonds is 7. The third-order valence-corrected chi connectivity index (χ3v) is 4.39. The molecule has 0 spiro atoms. The number of aryl methyl sites for hydroxylation is 1. The molecule has 24 heavy (non-hydrogen) atoms. The number of hydrogen-bond acceptors (Lipinski definition) is 4. The standard InChI is InChI=1S/C18H22N2O3S/c1-13-6-4-7-15(12-13)23-10-9-20(3)18(22)14(2)19-17(21)16-8-5-11-24-16/h4-8,11-12,14H,9-10H2,1-3H3,(H,19,21). The summed E-state index contributed by atoms with van der Waals surface area (Å²) in [6, 6.07) is 10.7. The fraction of sp³-hybridized carbons (Fsp3) is 0.333. The SMILES string of the molecule is Cc1cccc(OCCN(C)C(=O)C(C)NC(=O)c2cccs2)c1. The summed E-state index contributed by atoms with van der Waals surface area (Å²) in [6.45, 7) is 4.54. The van der Waals surface area contributed by atoms with Gasteiger partial charge in [-0.1, -0.05) is 18.2 Å². The van der Waals surface area contributed by atoms with E-state index in [4.69, 9.17) is 4.74 Å². The van der Waals surface area contributed by atoms with Gasteiger partial charge in [0.1, 0.15) is 18.4 Å². The Morgan fingerprint density at radius 2 is 2.08 bits per heavy atom. The average molecular weight is 346 g/mol. The second-order valence-electron chi connectivity index (χ2n) is 5.60. The van der Waals surface area contributed by atoms with Gasteiger partial charge in [-0.15, -0.1) is 11.3 Å². The highest BCUT2D eigenvalue weighted by Crippen LogP contribution is 2.12. The lowest BCUT2D eigenvalue weighted by molar-refractivity contribution is -0.131. The maximum atomic E-state index is 12.3. The zero-order valence-corrected chi connectivity index (χ0v) is 14.9. The average Bonchev–Trinajstić information content (AvgIpc) is 3.08. The normalized spacial score (nSPS) is 11.6. The molecule has 0 radical (unpaired) electrons. The number of thiophene rings is 1. The van der Waals surface area contributed by atoms with Crippen LogP contribution in [0.25, 0.3) is 0 Å². The van der Waals surface area contributed by atoms with Crippen LogP contribution in [0, 0.1) is 6.92 Å². The molecule has 1 atom stereocenters. The van der Waals surface area contributed by atoms with Gasteiger partial charge in [0.05, 0.1) is 11.4 Å². The predicted octanol–water partition coefficient (Wildman–Crippen LogP) is 2.71. The number of amides is 2. The van der Waals surface area contributed by atoms with Crippen LogP contribution >= 0.6 is 11.3 Å². The maximum Gasteiger partial charge on any atom is 0.261 e. The van der Waals surface area contributed by atoms with E-state index in [9.17, 15) is 9.59 Å². The first-order valence-electron chi connectivity index (χ1n) is 7.76. The molecule has 0 bridgehead atoms. The molecule has 0 saturated heterocycles. The summed E-state index contributed by atoms with van der Waals surface area (Å²) in [6.07, 6.45) is 0. The Morgan fingerprint density at radius 1 is 1.29 bits per heavy atom. The molecule has 0 fully saturated rings. The molecule has 5 nitrogen and oxygen atoms in total. The Bertz CT molecular complexity index is 685. The van der Waals surface area contributed by atoms with Crippen LogP contribution in [0.3, 0.4) is 0 Å². The Morgan fingerprint density at radius 3 is 2.75 bits per heavy atom. The van der Waals surface area contributed by atoms with E-state index in [1.807, 2.05) is 36.6 Å². The summed E-state index contributed by atoms with van der Waals surface area (Å²) in [4.78, 5) is 26.4. The van der Waals surface area contributed by atoms with Crippen molar-refractivity contribution in [3.8, 4) is 5.75 Å². The summed E-state index contributed by atoms with van der Waals surface area (Å²) in [5.41, 5.74) is 1.13. The minimum atomic E-state index is -0.580. The lowest BCUT2D eigenvalue weighted by Gasteiger charge is -2.22. The fourth-order valence-electron chi connectivity index (χ4n) is 2.18. The second-order valence-corrected chi connectivity index (χ2v) is 6.54. The number of nitrogens with zero attached hydrogens (tertiary/aromatic N) is 1. The molecule has 0 aliphatic heterocycles. The van der Waals surface area contributed by atoms with Crippen LogP contribution in [-0.4, -0.2) is 43.0 Å². The van der Waals surface area contributed by atoms with Gasteiger partial charge in [-0.25, -0.2) is 0 Å². The molecular weight excluding hydrogens is 324 g/mol. The van der Waals surface area contributed by atoms with E-state index >= 15 is 0 Å². The molecule has 2 amide bonds. The van der Waals surface area contributed by atoms with Gasteiger partial charge in [0.15, 0.2) is 0 Å². The highest BCUT2D eigenvalue weighted by Gasteiger charge is 2.20. The van der Waals surface area contributed by atoms with Gasteiger partial charge in [-0.05, 0) is 43.0 Å². The third-order valence-electron chi connectivity index (χ3n) is 3.52. The molecule has 0 saturated carbocycles. The van der Waals surface area contributed by atoms with Crippen molar-refractivity contribution in [1.29, 1.82) is 0 Å². The molecule has 2 rings (SSSR count). The minimum Gasteiger partial charge on any atom is -0.492 e. The zero-order valence-electron chi connectivity index (χ0n) is 14.1. The monoisotopic (exact) mass is 346 g/mol. The molecule has 1 aromatic heterocycles. The lowest BCUT2D eigenvalue weighted by atomic mass is 10.2. The van der Waals surface area contributed by atoms with Crippen LogP contribution in [0.1, 0.15) is 22.2 Å². The highest BCUT2D eigenvalue weighted by molar-refractivity contribution is 7.12. The summed E-state index contributed by atoms with van der Waals surface area (Å²) >= 11 is 1.35. The summed E-state index contributed by atoms with van der Waals surface area (Å²) < 4.78 is 5.65. The first kappa shape index (κ1) is 18.0. The van der Waals surface area contributed by atoms with Crippen LogP contribution in [0.2, 0.25) is 0 Å². The van der Waals surface area contributed by atoms with E-state index in [0.29, 0.717) is 18.0 Å². The van der Waals surface area contributed by atoms with E-state index in [1.54, 1.807) is 31.0 Å². The van der Waals surface area contributed by atoms with Crippen molar-refractivity contribution in [3.63, 3.8) is 0 Å².